The van der Waals surface area contributed by atoms with Crippen molar-refractivity contribution in [2.24, 2.45) is 0 Å². The topological polar surface area (TPSA) is 41.6 Å². The normalized spacial score (nSPS) is 20.7. The summed E-state index contributed by atoms with van der Waals surface area (Å²) in [6.45, 7) is 9.69. The molecule has 2 aromatic rings. The second kappa shape index (κ2) is 8.47. The van der Waals surface area contributed by atoms with Gasteiger partial charge >= 0.3 is 0 Å². The van der Waals surface area contributed by atoms with Crippen molar-refractivity contribution in [3.63, 3.8) is 0 Å². The van der Waals surface area contributed by atoms with Gasteiger partial charge in [-0.05, 0) is 44.0 Å². The molecule has 1 aliphatic heterocycles. The third-order valence-electron chi connectivity index (χ3n) is 4.69. The van der Waals surface area contributed by atoms with Crippen LogP contribution in [0.5, 0.6) is 0 Å². The van der Waals surface area contributed by atoms with Crippen LogP contribution in [0.2, 0.25) is 0 Å². The number of carbonyl (C=O) groups excluding carboxylic acids is 1. The molecular formula is C22H28N2O2. The average Bonchev–Trinajstić information content (AvgIpc) is 2.60. The lowest BCUT2D eigenvalue weighted by Crippen LogP contribution is -2.44. The van der Waals surface area contributed by atoms with Gasteiger partial charge < -0.3 is 10.1 Å². The number of nitrogens with one attached hydrogen (secondary N) is 1. The zero-order chi connectivity index (χ0) is 18.5. The van der Waals surface area contributed by atoms with Crippen molar-refractivity contribution in [3.05, 3.63) is 70.8 Å². The van der Waals surface area contributed by atoms with E-state index in [4.69, 9.17) is 4.74 Å². The zero-order valence-corrected chi connectivity index (χ0v) is 15.9. The number of nitrogens with zero attached hydrogens (tertiary/aromatic N) is 1. The summed E-state index contributed by atoms with van der Waals surface area (Å²) in [6.07, 6.45) is 0.574. The highest BCUT2D eigenvalue weighted by molar-refractivity contribution is 5.94. The fourth-order valence-electron chi connectivity index (χ4n) is 3.42. The molecule has 0 bridgehead atoms. The van der Waals surface area contributed by atoms with Crippen LogP contribution < -0.4 is 5.32 Å². The minimum Gasteiger partial charge on any atom is -0.373 e. The van der Waals surface area contributed by atoms with E-state index in [2.05, 4.69) is 48.3 Å². The Morgan fingerprint density at radius 3 is 2.19 bits per heavy atom. The Hall–Kier alpha value is -2.17. The van der Waals surface area contributed by atoms with Gasteiger partial charge in [0, 0.05) is 31.7 Å². The van der Waals surface area contributed by atoms with Crippen molar-refractivity contribution in [1.29, 1.82) is 0 Å². The molecular weight excluding hydrogens is 324 g/mol. The molecule has 4 heteroatoms. The molecule has 1 aliphatic rings. The SMILES string of the molecule is Cc1ccc(C(=O)NCc2ccc(CN3CC(C)OC(C)C3)cc2)cc1. The van der Waals surface area contributed by atoms with Gasteiger partial charge in [-0.25, -0.2) is 0 Å². The number of hydrogen-bond donors (Lipinski definition) is 1. The van der Waals surface area contributed by atoms with Gasteiger partial charge in [-0.15, -0.1) is 0 Å². The molecule has 0 aliphatic carbocycles. The lowest BCUT2D eigenvalue weighted by molar-refractivity contribution is -0.0704. The van der Waals surface area contributed by atoms with Crippen molar-refractivity contribution < 1.29 is 9.53 Å². The largest absolute Gasteiger partial charge is 0.373 e. The summed E-state index contributed by atoms with van der Waals surface area (Å²) in [5.41, 5.74) is 4.25. The molecule has 2 aromatic carbocycles. The summed E-state index contributed by atoms with van der Waals surface area (Å²) in [5, 5.41) is 2.98. The number of amides is 1. The maximum Gasteiger partial charge on any atom is 0.251 e. The highest BCUT2D eigenvalue weighted by Crippen LogP contribution is 2.15. The van der Waals surface area contributed by atoms with Crippen LogP contribution >= 0.6 is 0 Å². The van der Waals surface area contributed by atoms with Crippen LogP contribution in [0.1, 0.15) is 40.9 Å². The first-order valence-corrected chi connectivity index (χ1v) is 9.30. The summed E-state index contributed by atoms with van der Waals surface area (Å²) in [5.74, 6) is -0.0367. The summed E-state index contributed by atoms with van der Waals surface area (Å²) >= 11 is 0. The van der Waals surface area contributed by atoms with Crippen LogP contribution in [-0.2, 0) is 17.8 Å². The first-order chi connectivity index (χ1) is 12.5. The van der Waals surface area contributed by atoms with Crippen molar-refractivity contribution in [2.45, 2.75) is 46.1 Å². The van der Waals surface area contributed by atoms with Crippen molar-refractivity contribution >= 4 is 5.91 Å². The number of carbonyl (C=O) groups is 1. The smallest absolute Gasteiger partial charge is 0.251 e. The molecule has 4 nitrogen and oxygen atoms in total. The maximum absolute atomic E-state index is 12.2. The van der Waals surface area contributed by atoms with E-state index >= 15 is 0 Å². The summed E-state index contributed by atoms with van der Waals surface area (Å²) < 4.78 is 5.79. The molecule has 1 N–H and O–H groups in total. The van der Waals surface area contributed by atoms with Crippen molar-refractivity contribution in [2.75, 3.05) is 13.1 Å². The first-order valence-electron chi connectivity index (χ1n) is 9.30. The Balaban J connectivity index is 1.51. The standard InChI is InChI=1S/C22H28N2O2/c1-16-4-10-21(11-5-16)22(25)23-12-19-6-8-20(9-7-19)15-24-13-17(2)26-18(3)14-24/h4-11,17-18H,12-15H2,1-3H3,(H,23,25). The number of benzene rings is 2. The van der Waals surface area contributed by atoms with Crippen LogP contribution in [0, 0.1) is 6.92 Å². The Morgan fingerprint density at radius 1 is 1.00 bits per heavy atom. The van der Waals surface area contributed by atoms with E-state index in [0.29, 0.717) is 12.1 Å². The van der Waals surface area contributed by atoms with Gasteiger partial charge in [0.1, 0.15) is 0 Å². The van der Waals surface area contributed by atoms with Gasteiger partial charge in [0.25, 0.3) is 5.91 Å². The molecule has 1 saturated heterocycles. The summed E-state index contributed by atoms with van der Waals surface area (Å²) in [4.78, 5) is 14.6. The van der Waals surface area contributed by atoms with Crippen LogP contribution in [0.25, 0.3) is 0 Å². The van der Waals surface area contributed by atoms with Crippen LogP contribution in [0.3, 0.4) is 0 Å². The fraction of sp³-hybridized carbons (Fsp3) is 0.409. The third kappa shape index (κ3) is 5.16. The molecule has 0 spiro atoms. The predicted molar refractivity (Wildman–Crippen MR) is 104 cm³/mol. The predicted octanol–water partition coefficient (Wildman–Crippen LogP) is 3.53. The molecule has 0 saturated carbocycles. The van der Waals surface area contributed by atoms with Gasteiger partial charge in [-0.2, -0.15) is 0 Å². The van der Waals surface area contributed by atoms with E-state index in [0.717, 1.165) is 30.8 Å². The molecule has 138 valence electrons. The van der Waals surface area contributed by atoms with E-state index in [9.17, 15) is 4.79 Å². The van der Waals surface area contributed by atoms with E-state index in [1.54, 1.807) is 0 Å². The minimum atomic E-state index is -0.0367. The lowest BCUT2D eigenvalue weighted by atomic mass is 10.1. The Bertz CT molecular complexity index is 715. The van der Waals surface area contributed by atoms with E-state index < -0.39 is 0 Å². The second-order valence-corrected chi connectivity index (χ2v) is 7.32. The molecule has 2 unspecified atom stereocenters. The van der Waals surface area contributed by atoms with Crippen LogP contribution in [0.15, 0.2) is 48.5 Å². The van der Waals surface area contributed by atoms with Crippen molar-refractivity contribution in [3.8, 4) is 0 Å². The number of aryl methyl sites for hydroxylation is 1. The van der Waals surface area contributed by atoms with Crippen LogP contribution in [-0.4, -0.2) is 36.1 Å². The third-order valence-corrected chi connectivity index (χ3v) is 4.69. The minimum absolute atomic E-state index is 0.0367. The van der Waals surface area contributed by atoms with E-state index in [1.807, 2.05) is 31.2 Å². The highest BCUT2D eigenvalue weighted by atomic mass is 16.5. The Morgan fingerprint density at radius 2 is 1.58 bits per heavy atom. The van der Waals surface area contributed by atoms with E-state index in [-0.39, 0.29) is 18.1 Å². The molecule has 2 atom stereocenters. The second-order valence-electron chi connectivity index (χ2n) is 7.32. The molecule has 1 heterocycles. The van der Waals surface area contributed by atoms with Crippen molar-refractivity contribution in [1.82, 2.24) is 10.2 Å². The maximum atomic E-state index is 12.2. The van der Waals surface area contributed by atoms with Crippen LogP contribution in [0.4, 0.5) is 0 Å². The highest BCUT2D eigenvalue weighted by Gasteiger charge is 2.21. The average molecular weight is 352 g/mol. The Labute approximate surface area is 156 Å². The first kappa shape index (κ1) is 18.6. The van der Waals surface area contributed by atoms with Gasteiger partial charge in [-0.1, -0.05) is 42.0 Å². The molecule has 0 aromatic heterocycles. The quantitative estimate of drug-likeness (QED) is 0.895. The molecule has 3 rings (SSSR count). The lowest BCUT2D eigenvalue weighted by Gasteiger charge is -2.35. The zero-order valence-electron chi connectivity index (χ0n) is 15.9. The fourth-order valence-corrected chi connectivity index (χ4v) is 3.42. The monoisotopic (exact) mass is 352 g/mol. The molecule has 26 heavy (non-hydrogen) atoms. The van der Waals surface area contributed by atoms with Gasteiger partial charge in [0.05, 0.1) is 12.2 Å². The van der Waals surface area contributed by atoms with E-state index in [1.165, 1.54) is 5.56 Å². The van der Waals surface area contributed by atoms with Gasteiger partial charge in [0.2, 0.25) is 0 Å². The van der Waals surface area contributed by atoms with Gasteiger partial charge in [0.15, 0.2) is 0 Å². The number of rotatable bonds is 5. The Kier molecular flexibility index (Phi) is 6.07. The molecule has 1 fully saturated rings. The number of hydrogen-bond acceptors (Lipinski definition) is 3. The molecule has 0 radical (unpaired) electrons. The molecule has 1 amide bonds. The van der Waals surface area contributed by atoms with Gasteiger partial charge in [-0.3, -0.25) is 9.69 Å². The number of morpholine rings is 1. The summed E-state index contributed by atoms with van der Waals surface area (Å²) in [7, 11) is 0. The summed E-state index contributed by atoms with van der Waals surface area (Å²) in [6, 6.07) is 16.1. The number of ether oxygens (including phenoxy) is 1.